The van der Waals surface area contributed by atoms with Gasteiger partial charge in [-0.15, -0.1) is 0 Å². The van der Waals surface area contributed by atoms with Gasteiger partial charge in [0.25, 0.3) is 0 Å². The van der Waals surface area contributed by atoms with E-state index >= 15 is 0 Å². The Morgan fingerprint density at radius 3 is 2.65 bits per heavy atom. The lowest BCUT2D eigenvalue weighted by Crippen LogP contribution is -2.31. The summed E-state index contributed by atoms with van der Waals surface area (Å²) in [5.41, 5.74) is 0.419. The van der Waals surface area contributed by atoms with Gasteiger partial charge in [0, 0.05) is 19.3 Å². The number of nitrogens with zero attached hydrogens (tertiary/aromatic N) is 1. The number of furan rings is 1. The molecule has 2 amide bonds. The van der Waals surface area contributed by atoms with Gasteiger partial charge in [0.15, 0.2) is 0 Å². The van der Waals surface area contributed by atoms with E-state index < -0.39 is 0 Å². The Morgan fingerprint density at radius 2 is 2.05 bits per heavy atom. The molecule has 0 fully saturated rings. The molecule has 0 aliphatic rings. The van der Waals surface area contributed by atoms with Gasteiger partial charge >= 0.3 is 6.03 Å². The first-order valence-electron chi connectivity index (χ1n) is 6.26. The van der Waals surface area contributed by atoms with E-state index in [9.17, 15) is 9.59 Å². The molecule has 1 atom stereocenters. The highest BCUT2D eigenvalue weighted by atomic mass is 16.3. The van der Waals surface area contributed by atoms with Crippen LogP contribution in [0.4, 0.5) is 10.5 Å². The van der Waals surface area contributed by atoms with Gasteiger partial charge < -0.3 is 19.6 Å². The second-order valence-electron chi connectivity index (χ2n) is 4.64. The summed E-state index contributed by atoms with van der Waals surface area (Å²) in [4.78, 5) is 23.1. The summed E-state index contributed by atoms with van der Waals surface area (Å²) in [5.74, 6) is 1.49. The van der Waals surface area contributed by atoms with Crippen LogP contribution in [0.25, 0.3) is 0 Å². The number of rotatable bonds is 3. The van der Waals surface area contributed by atoms with E-state index in [2.05, 4.69) is 10.6 Å². The average Bonchev–Trinajstić information content (AvgIpc) is 2.80. The fourth-order valence-electron chi connectivity index (χ4n) is 1.79. The van der Waals surface area contributed by atoms with Gasteiger partial charge in [-0.2, -0.15) is 0 Å². The van der Waals surface area contributed by atoms with Crippen LogP contribution in [0.3, 0.4) is 0 Å². The largest absolute Gasteiger partial charge is 0.464 e. The quantitative estimate of drug-likeness (QED) is 0.901. The lowest BCUT2D eigenvalue weighted by Gasteiger charge is -2.13. The van der Waals surface area contributed by atoms with Crippen molar-refractivity contribution in [3.05, 3.63) is 52.3 Å². The molecule has 0 unspecified atom stereocenters. The Balaban J connectivity index is 1.98. The van der Waals surface area contributed by atoms with Gasteiger partial charge in [-0.05, 0) is 32.0 Å². The molecule has 0 aliphatic heterocycles. The molecule has 106 valence electrons. The fraction of sp³-hybridized carbons (Fsp3) is 0.286. The Bertz CT molecular complexity index is 672. The minimum atomic E-state index is -0.356. The summed E-state index contributed by atoms with van der Waals surface area (Å²) >= 11 is 0. The number of carbonyl (C=O) groups excluding carboxylic acids is 1. The summed E-state index contributed by atoms with van der Waals surface area (Å²) in [5, 5.41) is 5.43. The zero-order valence-electron chi connectivity index (χ0n) is 11.6. The molecule has 6 nitrogen and oxygen atoms in total. The van der Waals surface area contributed by atoms with Crippen molar-refractivity contribution in [2.24, 2.45) is 7.05 Å². The highest BCUT2D eigenvalue weighted by Gasteiger charge is 2.12. The predicted octanol–water partition coefficient (Wildman–Crippen LogP) is 2.17. The molecule has 2 aromatic heterocycles. The topological polar surface area (TPSA) is 76.3 Å². The van der Waals surface area contributed by atoms with Crippen LogP contribution in [0.15, 0.2) is 39.7 Å². The Kier molecular flexibility index (Phi) is 3.93. The Hall–Kier alpha value is -2.50. The minimum absolute atomic E-state index is 0.129. The van der Waals surface area contributed by atoms with E-state index in [1.165, 1.54) is 10.6 Å². The molecule has 0 spiro atoms. The first-order chi connectivity index (χ1) is 9.45. The van der Waals surface area contributed by atoms with E-state index in [-0.39, 0.29) is 17.6 Å². The smallest absolute Gasteiger partial charge is 0.319 e. The standard InChI is InChI=1S/C14H17N3O3/c1-9-4-6-12(20-9)10(2)15-14(19)16-11-5-7-13(18)17(3)8-11/h4-8,10H,1-3H3,(H2,15,16,19)/t10-/m0/s1. The maximum absolute atomic E-state index is 11.8. The van der Waals surface area contributed by atoms with Crippen molar-refractivity contribution in [3.63, 3.8) is 0 Å². The van der Waals surface area contributed by atoms with Gasteiger partial charge in [0.1, 0.15) is 11.5 Å². The number of pyridine rings is 1. The number of urea groups is 1. The van der Waals surface area contributed by atoms with Gasteiger partial charge in [-0.3, -0.25) is 4.79 Å². The van der Waals surface area contributed by atoms with Crippen molar-refractivity contribution in [3.8, 4) is 0 Å². The van der Waals surface area contributed by atoms with Crippen molar-refractivity contribution in [1.29, 1.82) is 0 Å². The van der Waals surface area contributed by atoms with Gasteiger partial charge in [0.05, 0.1) is 11.7 Å². The number of amides is 2. The van der Waals surface area contributed by atoms with E-state index in [1.54, 1.807) is 19.3 Å². The summed E-state index contributed by atoms with van der Waals surface area (Å²) in [6.45, 7) is 3.68. The van der Waals surface area contributed by atoms with Gasteiger partial charge in [-0.25, -0.2) is 4.79 Å². The highest BCUT2D eigenvalue weighted by Crippen LogP contribution is 2.15. The van der Waals surface area contributed by atoms with Crippen molar-refractivity contribution < 1.29 is 9.21 Å². The lowest BCUT2D eigenvalue weighted by atomic mass is 10.2. The molecule has 0 radical (unpaired) electrons. The van der Waals surface area contributed by atoms with Gasteiger partial charge in [-0.1, -0.05) is 0 Å². The van der Waals surface area contributed by atoms with Crippen molar-refractivity contribution in [2.45, 2.75) is 19.9 Å². The number of carbonyl (C=O) groups is 1. The maximum atomic E-state index is 11.8. The van der Waals surface area contributed by atoms with Crippen LogP contribution >= 0.6 is 0 Å². The molecule has 2 rings (SSSR count). The van der Waals surface area contributed by atoms with Crippen LogP contribution in [0.2, 0.25) is 0 Å². The molecule has 0 aromatic carbocycles. The maximum Gasteiger partial charge on any atom is 0.319 e. The monoisotopic (exact) mass is 275 g/mol. The van der Waals surface area contributed by atoms with Crippen molar-refractivity contribution in [2.75, 3.05) is 5.32 Å². The zero-order chi connectivity index (χ0) is 14.7. The first-order valence-corrected chi connectivity index (χ1v) is 6.26. The fourth-order valence-corrected chi connectivity index (χ4v) is 1.79. The van der Waals surface area contributed by atoms with E-state index in [1.807, 2.05) is 26.0 Å². The summed E-state index contributed by atoms with van der Waals surface area (Å²) < 4.78 is 6.84. The SMILES string of the molecule is Cc1ccc([C@H](C)NC(=O)Nc2ccc(=O)n(C)c2)o1. The van der Waals surface area contributed by atoms with Crippen LogP contribution in [0.5, 0.6) is 0 Å². The van der Waals surface area contributed by atoms with Crippen LogP contribution in [0, 0.1) is 6.92 Å². The molecular formula is C14H17N3O3. The summed E-state index contributed by atoms with van der Waals surface area (Å²) in [7, 11) is 1.62. The third-order valence-corrected chi connectivity index (χ3v) is 2.88. The van der Waals surface area contributed by atoms with E-state index in [0.717, 1.165) is 5.76 Å². The van der Waals surface area contributed by atoms with Crippen LogP contribution < -0.4 is 16.2 Å². The molecule has 0 saturated carbocycles. The Morgan fingerprint density at radius 1 is 1.30 bits per heavy atom. The molecule has 6 heteroatoms. The summed E-state index contributed by atoms with van der Waals surface area (Å²) in [6, 6.07) is 6.03. The molecule has 0 saturated heterocycles. The molecule has 0 bridgehead atoms. The number of hydrogen-bond acceptors (Lipinski definition) is 3. The molecule has 2 N–H and O–H groups in total. The zero-order valence-corrected chi connectivity index (χ0v) is 11.6. The first kappa shape index (κ1) is 13.9. The van der Waals surface area contributed by atoms with Crippen LogP contribution in [0.1, 0.15) is 24.5 Å². The molecular weight excluding hydrogens is 258 g/mol. The van der Waals surface area contributed by atoms with Gasteiger partial charge in [0.2, 0.25) is 5.56 Å². The third kappa shape index (κ3) is 3.28. The lowest BCUT2D eigenvalue weighted by molar-refractivity contribution is 0.247. The molecule has 20 heavy (non-hydrogen) atoms. The molecule has 0 aliphatic carbocycles. The van der Waals surface area contributed by atoms with Crippen molar-refractivity contribution in [1.82, 2.24) is 9.88 Å². The number of anilines is 1. The minimum Gasteiger partial charge on any atom is -0.464 e. The average molecular weight is 275 g/mol. The molecule has 2 heterocycles. The number of nitrogens with one attached hydrogen (secondary N) is 2. The number of aryl methyl sites for hydroxylation is 2. The second-order valence-corrected chi connectivity index (χ2v) is 4.64. The molecule has 2 aromatic rings. The van der Waals surface area contributed by atoms with Crippen LogP contribution in [-0.2, 0) is 7.05 Å². The normalized spacial score (nSPS) is 11.9. The number of aromatic nitrogens is 1. The van der Waals surface area contributed by atoms with E-state index in [0.29, 0.717) is 11.4 Å². The van der Waals surface area contributed by atoms with Crippen molar-refractivity contribution >= 4 is 11.7 Å². The predicted molar refractivity (Wildman–Crippen MR) is 75.7 cm³/mol. The van der Waals surface area contributed by atoms with Crippen LogP contribution in [-0.4, -0.2) is 10.6 Å². The Labute approximate surface area is 116 Å². The van der Waals surface area contributed by atoms with E-state index in [4.69, 9.17) is 4.42 Å². The highest BCUT2D eigenvalue weighted by molar-refractivity contribution is 5.89. The third-order valence-electron chi connectivity index (χ3n) is 2.88. The second kappa shape index (κ2) is 5.64. The number of hydrogen-bond donors (Lipinski definition) is 2. The summed E-state index contributed by atoms with van der Waals surface area (Å²) in [6.07, 6.45) is 1.56.